The Kier molecular flexibility index (Phi) is 132. The number of halogens is 2. The van der Waals surface area contributed by atoms with E-state index in [-0.39, 0.29) is 40.0 Å². The van der Waals surface area contributed by atoms with Crippen LogP contribution in [0.15, 0.2) is 48.5 Å². The molecule has 0 aliphatic rings. The zero-order valence-electron chi connectivity index (χ0n) is 55.1. The molecule has 0 aliphatic heterocycles. The van der Waals surface area contributed by atoms with Crippen molar-refractivity contribution >= 4 is 626 Å². The second-order valence-electron chi connectivity index (χ2n) is 16.6. The fourth-order valence-electron chi connectivity index (χ4n) is 6.24. The van der Waals surface area contributed by atoms with Crippen molar-refractivity contribution in [3.8, 4) is 0 Å². The molecule has 2 aromatic carbocycles. The van der Waals surface area contributed by atoms with E-state index in [9.17, 15) is 0 Å². The number of hydrogen-bond acceptors (Lipinski definition) is 2. The van der Waals surface area contributed by atoms with Gasteiger partial charge in [-0.15, -0.1) is 0 Å². The Balaban J connectivity index is -0.000000943. The van der Waals surface area contributed by atoms with Gasteiger partial charge in [0.2, 0.25) is 0 Å². The van der Waals surface area contributed by atoms with Crippen LogP contribution in [0.1, 0.15) is 130 Å². The monoisotopic (exact) mass is 2880 g/mol. The maximum atomic E-state index is 6.89. The molecule has 0 nitrogen and oxygen atoms in total. The molecule has 0 bridgehead atoms. The number of unbranched alkanes of at least 4 members (excludes halogenated alkanes) is 6. The maximum absolute atomic E-state index is 6.89. The smallest absolute Gasteiger partial charge is 1.00 e. The molecule has 67 heteroatoms. The second kappa shape index (κ2) is 110. The second-order valence-corrected chi connectivity index (χ2v) is 152. The van der Waals surface area contributed by atoms with Crippen LogP contribution in [-0.4, -0.2) is 58.7 Å². The van der Waals surface area contributed by atoms with E-state index in [4.69, 9.17) is 31.3 Å². The molecule has 0 atom stereocenters. The summed E-state index contributed by atoms with van der Waals surface area (Å²) < 4.78 is 10.8. The van der Waals surface area contributed by atoms with E-state index in [1.165, 1.54) is 119 Å². The predicted octanol–water partition coefficient (Wildman–Crippen LogP) is 9.89. The van der Waals surface area contributed by atoms with E-state index in [0.29, 0.717) is 0 Å². The van der Waals surface area contributed by atoms with Crippen LogP contribution >= 0.6 is 8.92 Å². The van der Waals surface area contributed by atoms with Gasteiger partial charge in [-0.1, -0.05) is 6.92 Å². The first-order valence-corrected chi connectivity index (χ1v) is 126. The summed E-state index contributed by atoms with van der Waals surface area (Å²) in [5.41, 5.74) is 2.70. The fourth-order valence-corrected chi connectivity index (χ4v) is 195. The predicted molar refractivity (Wildman–Crippen MR) is 659 cm³/mol. The third-order valence-electron chi connectivity index (χ3n) is 10.1. The van der Waals surface area contributed by atoms with Crippen LogP contribution in [0.5, 0.6) is 0 Å². The van der Waals surface area contributed by atoms with Crippen molar-refractivity contribution in [1.29, 1.82) is 0 Å². The molecule has 2 rings (SSSR count). The minimum absolute atomic E-state index is 0. The fraction of sp³-hybridized carbons (Fsp3) is 0.684. The van der Waals surface area contributed by atoms with E-state index in [2.05, 4.69) is 85.7 Å². The number of aryl methyl sites for hydroxylation is 2. The molecule has 2 aromatic rings. The van der Waals surface area contributed by atoms with Crippen LogP contribution in [0, 0.1) is 19.9 Å². The number of benzene rings is 2. The zero-order valence-corrected chi connectivity index (χ0v) is 115. The Morgan fingerprint density at radius 1 is 0.257 bits per heavy atom. The van der Waals surface area contributed by atoms with Crippen LogP contribution in [0.4, 0.5) is 0 Å². The van der Waals surface area contributed by atoms with Crippen LogP contribution < -0.4 is 20.6 Å². The Bertz CT molecular complexity index is 5590. The van der Waals surface area contributed by atoms with Gasteiger partial charge < -0.3 is 17.0 Å². The third-order valence-corrected chi connectivity index (χ3v) is 171. The zero-order chi connectivity index (χ0) is 75.3. The molecule has 0 fully saturated rings. The molecule has 0 spiro atoms. The molecule has 0 N–H and O–H groups in total. The molecule has 0 saturated carbocycles. The standard InChI is InChI=1S/2C7H7.6C4H9.BrH.ClH.Mg.S62.2Sn/c2*1-7-5-3-2-4-6-7;6*1-3-4-2;;;;1-3-5-7-9-11-13-15-17-19-21-23-25-27-29-31-33-35-37-39-41-43-45-47-49-51-53-55-57-59-61-62-60-58-56-54-52-50-48-46-44-42-40-38-36-34-32-30-28-26-24-22-20-18-16-14-12-10-8-6-4-2;;/h2*3-6H,1H3;6*1,3-4H2,2H3;2*1H;;;;/q;-1;;;;;;;;;+2;;;+1/p-2. The summed E-state index contributed by atoms with van der Waals surface area (Å²) in [6.45, 7) is 18.2. The van der Waals surface area contributed by atoms with Gasteiger partial charge in [0.25, 0.3) is 0 Å². The van der Waals surface area contributed by atoms with Gasteiger partial charge in [-0.05, 0) is 0 Å². The van der Waals surface area contributed by atoms with Gasteiger partial charge >= 0.3 is 253 Å². The summed E-state index contributed by atoms with van der Waals surface area (Å²) in [5.74, 6) is 0. The van der Waals surface area contributed by atoms with E-state index in [0.717, 1.165) is 0 Å². The molecule has 105 heavy (non-hydrogen) atoms. The third kappa shape index (κ3) is 99.6. The molecule has 0 aliphatic carbocycles. The van der Waals surface area contributed by atoms with E-state index < -0.39 is 35.6 Å². The van der Waals surface area contributed by atoms with Gasteiger partial charge in [0, 0.05) is 555 Å². The first kappa shape index (κ1) is 127. The average molecular weight is 2890 g/mol. The van der Waals surface area contributed by atoms with Crippen LogP contribution in [0.3, 0.4) is 0 Å². The largest absolute Gasteiger partial charge is 2.00 e. The maximum Gasteiger partial charge on any atom is 2.00 e. The molecular weight excluding hydrogens is 2820 g/mol. The van der Waals surface area contributed by atoms with Gasteiger partial charge in [0.1, 0.15) is 0 Å². The Hall–Kier alpha value is 15.2. The van der Waals surface area contributed by atoms with Gasteiger partial charge in [0.15, 0.2) is 0 Å². The summed E-state index contributed by atoms with van der Waals surface area (Å²) in [6.07, 6.45) is 16.6. The van der Waals surface area contributed by atoms with Crippen molar-refractivity contribution in [2.75, 3.05) is 0 Å². The summed E-state index contributed by atoms with van der Waals surface area (Å²) in [7, 11) is 115. The minimum atomic E-state index is -2.13. The minimum Gasteiger partial charge on any atom is -1.00 e. The van der Waals surface area contributed by atoms with E-state index in [1.54, 1.807) is 123 Å². The van der Waals surface area contributed by atoms with Crippen LogP contribution in [-0.2, 0) is 555 Å². The van der Waals surface area contributed by atoms with Crippen LogP contribution in [0.2, 0.25) is 26.6 Å². The van der Waals surface area contributed by atoms with Crippen LogP contribution in [0.25, 0.3) is 0 Å². The molecular formula is C38H68BrClMgS62Sn2. The Labute approximate surface area is 845 Å². The molecule has 0 saturated heterocycles. The first-order chi connectivity index (χ1) is 50.7. The number of rotatable bonds is 19. The summed E-state index contributed by atoms with van der Waals surface area (Å²) in [6, 6.07) is 20.5. The van der Waals surface area contributed by atoms with Crippen molar-refractivity contribution in [3.63, 3.8) is 0 Å². The summed E-state index contributed by atoms with van der Waals surface area (Å²) >= 11 is 5.42. The average Bonchev–Trinajstić information content (AvgIpc) is 0.815. The van der Waals surface area contributed by atoms with Gasteiger partial charge in [-0.2, -0.15) is 35.9 Å². The van der Waals surface area contributed by atoms with Crippen molar-refractivity contribution < 1.29 is 17.0 Å². The Morgan fingerprint density at radius 3 is 0.552 bits per heavy atom. The Morgan fingerprint density at radius 2 is 0.410 bits per heavy atom. The topological polar surface area (TPSA) is 0 Å². The molecule has 616 valence electrons. The molecule has 0 heterocycles. The van der Waals surface area contributed by atoms with Crippen molar-refractivity contribution in [2.45, 2.75) is 159 Å². The normalized spacial score (nSPS) is 9.04. The number of hydrogen-bond donors (Lipinski definition) is 0. The molecule has 0 radical (unpaired) electrons. The summed E-state index contributed by atoms with van der Waals surface area (Å²) in [5, 5.41) is 0. The van der Waals surface area contributed by atoms with E-state index in [1.807, 2.05) is 433 Å². The van der Waals surface area contributed by atoms with Crippen molar-refractivity contribution in [2.24, 2.45) is 0 Å². The van der Waals surface area contributed by atoms with Gasteiger partial charge in [0.05, 0.1) is 0 Å². The van der Waals surface area contributed by atoms with Gasteiger partial charge in [-0.3, -0.25) is 0 Å². The summed E-state index contributed by atoms with van der Waals surface area (Å²) in [4.78, 5) is 0. The quantitative estimate of drug-likeness (QED) is 0.102. The van der Waals surface area contributed by atoms with Gasteiger partial charge in [-0.25, -0.2) is 0 Å². The molecule has 0 aromatic heterocycles. The van der Waals surface area contributed by atoms with E-state index >= 15 is 0 Å². The van der Waals surface area contributed by atoms with Crippen molar-refractivity contribution in [1.82, 2.24) is 0 Å². The molecule has 0 unspecified atom stereocenters. The van der Waals surface area contributed by atoms with Crippen molar-refractivity contribution in [3.05, 3.63) is 65.7 Å². The molecule has 0 amide bonds. The SMILES string of the molecule is CCC[CH2][Sn]([CH2]CCC)([CH2]CCC)[c]1ccc(C)cc1.CCC[CH2][Sn]([Cl])([CH2]CCC)[CH2]CCC.Cc1cc[c-]cc1.S=S=S=S=S=S=S=S=S=S=S=S=S=S=S=S=S=S=S=S=S=S=S=S=S=S=S=S=S=S=S=S=S=S=S=S=S=S=S=S=S=S=S=S=S=S=S=S=S=S=S=S=S=S=S=S=S=S=S=S=S=S.[Br-].[Mg+2]. The first-order valence-electron chi connectivity index (χ1n) is 27.6.